The largest absolute Gasteiger partial charge is 0.342 e. The number of carbonyl (C=O) groups excluding carboxylic acids is 1. The highest BCUT2D eigenvalue weighted by Crippen LogP contribution is 2.27. The van der Waals surface area contributed by atoms with Crippen molar-refractivity contribution in [2.45, 2.75) is 39.2 Å². The van der Waals surface area contributed by atoms with E-state index in [2.05, 4.69) is 35.1 Å². The van der Waals surface area contributed by atoms with Crippen LogP contribution >= 0.6 is 0 Å². The second kappa shape index (κ2) is 6.35. The van der Waals surface area contributed by atoms with E-state index in [0.717, 1.165) is 48.6 Å². The Morgan fingerprint density at radius 3 is 3.04 bits per heavy atom. The van der Waals surface area contributed by atoms with E-state index in [9.17, 15) is 4.79 Å². The van der Waals surface area contributed by atoms with Crippen LogP contribution in [0.4, 0.5) is 0 Å². The number of hydrogen-bond donors (Lipinski definition) is 1. The first-order chi connectivity index (χ1) is 12.1. The number of nitrogens with one attached hydrogen (secondary N) is 1. The summed E-state index contributed by atoms with van der Waals surface area (Å²) in [5.74, 6) is 2.29. The van der Waals surface area contributed by atoms with Gasteiger partial charge in [-0.1, -0.05) is 6.07 Å². The Bertz CT molecular complexity index is 910. The summed E-state index contributed by atoms with van der Waals surface area (Å²) >= 11 is 0. The Labute approximate surface area is 146 Å². The lowest BCUT2D eigenvalue weighted by Crippen LogP contribution is -2.41. The van der Waals surface area contributed by atoms with Gasteiger partial charge in [0.05, 0.1) is 11.0 Å². The molecule has 1 aliphatic heterocycles. The number of aromatic amines is 1. The molecule has 2 aromatic heterocycles. The van der Waals surface area contributed by atoms with Crippen molar-refractivity contribution in [1.29, 1.82) is 0 Å². The summed E-state index contributed by atoms with van der Waals surface area (Å²) < 4.78 is 1.90. The van der Waals surface area contributed by atoms with Crippen LogP contribution in [-0.4, -0.2) is 43.4 Å². The maximum atomic E-state index is 12.7. The van der Waals surface area contributed by atoms with Crippen molar-refractivity contribution in [2.24, 2.45) is 0 Å². The zero-order valence-corrected chi connectivity index (χ0v) is 14.7. The SMILES string of the molecule is Cc1ccc2nc(C3CCCN(C(=O)Cn4ccnc4C)C3)[nH]c2c1. The molecule has 3 aromatic rings. The fraction of sp³-hybridized carbons (Fsp3) is 0.421. The van der Waals surface area contributed by atoms with Crippen LogP contribution in [-0.2, 0) is 11.3 Å². The van der Waals surface area contributed by atoms with Gasteiger partial charge in [-0.3, -0.25) is 4.79 Å². The molecule has 1 atom stereocenters. The van der Waals surface area contributed by atoms with E-state index in [-0.39, 0.29) is 11.8 Å². The number of hydrogen-bond acceptors (Lipinski definition) is 3. The lowest BCUT2D eigenvalue weighted by atomic mass is 9.97. The maximum absolute atomic E-state index is 12.7. The molecule has 1 saturated heterocycles. The molecular weight excluding hydrogens is 314 g/mol. The summed E-state index contributed by atoms with van der Waals surface area (Å²) in [5.41, 5.74) is 3.30. The van der Waals surface area contributed by atoms with Crippen molar-refractivity contribution in [3.8, 4) is 0 Å². The number of likely N-dealkylation sites (tertiary alicyclic amines) is 1. The van der Waals surface area contributed by atoms with Gasteiger partial charge >= 0.3 is 0 Å². The van der Waals surface area contributed by atoms with Gasteiger partial charge in [0.2, 0.25) is 5.91 Å². The van der Waals surface area contributed by atoms with E-state index < -0.39 is 0 Å². The summed E-state index contributed by atoms with van der Waals surface area (Å²) in [5, 5.41) is 0. The average molecular weight is 337 g/mol. The number of aromatic nitrogens is 4. The topological polar surface area (TPSA) is 66.8 Å². The summed E-state index contributed by atoms with van der Waals surface area (Å²) in [6.45, 7) is 5.91. The predicted molar refractivity (Wildman–Crippen MR) is 96.3 cm³/mol. The minimum Gasteiger partial charge on any atom is -0.342 e. The number of rotatable bonds is 3. The van der Waals surface area contributed by atoms with Crippen LogP contribution in [0, 0.1) is 13.8 Å². The summed E-state index contributed by atoms with van der Waals surface area (Å²) in [7, 11) is 0. The number of fused-ring (bicyclic) bond motifs is 1. The van der Waals surface area contributed by atoms with Crippen LogP contribution in [0.3, 0.4) is 0 Å². The highest BCUT2D eigenvalue weighted by Gasteiger charge is 2.27. The molecule has 130 valence electrons. The predicted octanol–water partition coefficient (Wildman–Crippen LogP) is 2.78. The molecule has 0 radical (unpaired) electrons. The van der Waals surface area contributed by atoms with E-state index >= 15 is 0 Å². The van der Waals surface area contributed by atoms with Crippen LogP contribution in [0.2, 0.25) is 0 Å². The van der Waals surface area contributed by atoms with Gasteiger partial charge in [0, 0.05) is 31.4 Å². The van der Waals surface area contributed by atoms with Crippen LogP contribution in [0.1, 0.15) is 36.0 Å². The van der Waals surface area contributed by atoms with Crippen molar-refractivity contribution in [1.82, 2.24) is 24.4 Å². The Kier molecular flexibility index (Phi) is 4.03. The molecule has 1 N–H and O–H groups in total. The molecule has 6 nitrogen and oxygen atoms in total. The number of amides is 1. The normalized spacial score (nSPS) is 18.0. The number of piperidine rings is 1. The number of H-pyrrole nitrogens is 1. The second-order valence-corrected chi connectivity index (χ2v) is 6.92. The number of nitrogens with zero attached hydrogens (tertiary/aromatic N) is 4. The third-order valence-electron chi connectivity index (χ3n) is 5.05. The van der Waals surface area contributed by atoms with Crippen LogP contribution in [0.5, 0.6) is 0 Å². The van der Waals surface area contributed by atoms with E-state index in [1.54, 1.807) is 6.20 Å². The molecule has 0 bridgehead atoms. The third-order valence-corrected chi connectivity index (χ3v) is 5.05. The van der Waals surface area contributed by atoms with Gasteiger partial charge in [-0.25, -0.2) is 9.97 Å². The smallest absolute Gasteiger partial charge is 0.242 e. The van der Waals surface area contributed by atoms with Crippen molar-refractivity contribution in [3.63, 3.8) is 0 Å². The summed E-state index contributed by atoms with van der Waals surface area (Å²) in [6.07, 6.45) is 5.66. The van der Waals surface area contributed by atoms with Gasteiger partial charge in [-0.15, -0.1) is 0 Å². The molecule has 3 heterocycles. The molecule has 6 heteroatoms. The van der Waals surface area contributed by atoms with E-state index in [1.807, 2.05) is 22.6 Å². The molecule has 1 fully saturated rings. The molecule has 1 unspecified atom stereocenters. The lowest BCUT2D eigenvalue weighted by molar-refractivity contribution is -0.133. The molecule has 4 rings (SSSR count). The fourth-order valence-electron chi connectivity index (χ4n) is 3.58. The lowest BCUT2D eigenvalue weighted by Gasteiger charge is -2.32. The number of benzene rings is 1. The molecular formula is C19H23N5O. The van der Waals surface area contributed by atoms with Gasteiger partial charge in [0.15, 0.2) is 0 Å². The van der Waals surface area contributed by atoms with Gasteiger partial charge < -0.3 is 14.5 Å². The fourth-order valence-corrected chi connectivity index (χ4v) is 3.58. The average Bonchev–Trinajstić information content (AvgIpc) is 3.21. The minimum absolute atomic E-state index is 0.151. The first-order valence-corrected chi connectivity index (χ1v) is 8.82. The van der Waals surface area contributed by atoms with Crippen LogP contribution in [0.15, 0.2) is 30.6 Å². The zero-order valence-electron chi connectivity index (χ0n) is 14.7. The maximum Gasteiger partial charge on any atom is 0.242 e. The number of aryl methyl sites for hydroxylation is 2. The quantitative estimate of drug-likeness (QED) is 0.799. The van der Waals surface area contributed by atoms with Crippen molar-refractivity contribution in [3.05, 3.63) is 47.8 Å². The Morgan fingerprint density at radius 2 is 2.24 bits per heavy atom. The highest BCUT2D eigenvalue weighted by atomic mass is 16.2. The minimum atomic E-state index is 0.151. The number of carbonyl (C=O) groups is 1. The summed E-state index contributed by atoms with van der Waals surface area (Å²) in [4.78, 5) is 27.0. The van der Waals surface area contributed by atoms with Crippen molar-refractivity contribution in [2.75, 3.05) is 13.1 Å². The Morgan fingerprint density at radius 1 is 1.36 bits per heavy atom. The number of imidazole rings is 2. The van der Waals surface area contributed by atoms with Gasteiger partial charge in [0.1, 0.15) is 18.2 Å². The van der Waals surface area contributed by atoms with E-state index in [4.69, 9.17) is 4.98 Å². The molecule has 1 amide bonds. The third kappa shape index (κ3) is 3.16. The van der Waals surface area contributed by atoms with Gasteiger partial charge in [-0.05, 0) is 44.4 Å². The monoisotopic (exact) mass is 337 g/mol. The highest BCUT2D eigenvalue weighted by molar-refractivity contribution is 5.77. The first-order valence-electron chi connectivity index (χ1n) is 8.82. The standard InChI is InChI=1S/C19H23N5O/c1-13-5-6-16-17(10-13)22-19(21-16)15-4-3-8-24(11-15)18(25)12-23-9-7-20-14(23)2/h5-7,9-10,15H,3-4,8,11-12H2,1-2H3,(H,21,22). The van der Waals surface area contributed by atoms with Crippen LogP contribution in [0.25, 0.3) is 11.0 Å². The first kappa shape index (κ1) is 15.9. The zero-order chi connectivity index (χ0) is 17.4. The Balaban J connectivity index is 1.49. The molecule has 0 aliphatic carbocycles. The van der Waals surface area contributed by atoms with Gasteiger partial charge in [-0.2, -0.15) is 0 Å². The second-order valence-electron chi connectivity index (χ2n) is 6.92. The molecule has 1 aliphatic rings. The summed E-state index contributed by atoms with van der Waals surface area (Å²) in [6, 6.07) is 6.26. The van der Waals surface area contributed by atoms with Crippen molar-refractivity contribution >= 4 is 16.9 Å². The van der Waals surface area contributed by atoms with Gasteiger partial charge in [0.25, 0.3) is 0 Å². The molecule has 25 heavy (non-hydrogen) atoms. The van der Waals surface area contributed by atoms with E-state index in [1.165, 1.54) is 5.56 Å². The molecule has 0 spiro atoms. The molecule has 0 saturated carbocycles. The molecule has 1 aromatic carbocycles. The Hall–Kier alpha value is -2.63. The van der Waals surface area contributed by atoms with Crippen LogP contribution < -0.4 is 0 Å². The van der Waals surface area contributed by atoms with E-state index in [0.29, 0.717) is 6.54 Å². The van der Waals surface area contributed by atoms with Crippen molar-refractivity contribution < 1.29 is 4.79 Å².